The highest BCUT2D eigenvalue weighted by Gasteiger charge is 2.21. The van der Waals surface area contributed by atoms with E-state index in [0.29, 0.717) is 11.3 Å². The molecule has 0 bridgehead atoms. The Morgan fingerprint density at radius 3 is 2.77 bits per heavy atom. The van der Waals surface area contributed by atoms with Gasteiger partial charge in [0.05, 0.1) is 23.5 Å². The zero-order valence-corrected chi connectivity index (χ0v) is 18.4. The van der Waals surface area contributed by atoms with E-state index in [-0.39, 0.29) is 0 Å². The van der Waals surface area contributed by atoms with Crippen molar-refractivity contribution in [3.63, 3.8) is 0 Å². The number of hydrogen-bond donors (Lipinski definition) is 2. The average Bonchev–Trinajstić information content (AvgIpc) is 2.74. The molecule has 8 nitrogen and oxygen atoms in total. The van der Waals surface area contributed by atoms with Crippen molar-refractivity contribution in [3.8, 4) is 0 Å². The monoisotopic (exact) mass is 423 g/mol. The lowest BCUT2D eigenvalue weighted by Gasteiger charge is -2.30. The lowest BCUT2D eigenvalue weighted by Crippen LogP contribution is -2.35. The van der Waals surface area contributed by atoms with Crippen LogP contribution in [0.3, 0.4) is 0 Å². The van der Waals surface area contributed by atoms with Crippen LogP contribution in [-0.2, 0) is 17.5 Å². The van der Waals surface area contributed by atoms with Crippen LogP contribution >= 0.6 is 7.14 Å². The van der Waals surface area contributed by atoms with E-state index in [4.69, 9.17) is 4.98 Å². The van der Waals surface area contributed by atoms with Crippen molar-refractivity contribution in [1.82, 2.24) is 19.9 Å². The molecule has 3 aromatic rings. The molecule has 0 spiro atoms. The minimum atomic E-state index is -2.37. The van der Waals surface area contributed by atoms with E-state index in [2.05, 4.69) is 43.5 Å². The molecule has 0 saturated heterocycles. The minimum absolute atomic E-state index is 0.614. The molecule has 1 aliphatic heterocycles. The molecule has 4 heterocycles. The molecule has 0 aliphatic carbocycles. The number of hydrogen-bond acceptors (Lipinski definition) is 8. The first-order chi connectivity index (χ1) is 14.4. The maximum absolute atomic E-state index is 12.2. The Labute approximate surface area is 176 Å². The standard InChI is InChI=1S/C21H26N7OP/c1-4-17-15(6-5-9-22-17)14-28-11-10-23-20-21(28)27-18(13-25-20)26-16-7-8-19(24-12-16)30(2,3)29/h5-9,12-13H,4,10-11,14H2,1-3H3,(H,23,25)(H,26,27). The summed E-state index contributed by atoms with van der Waals surface area (Å²) < 4.78 is 12.2. The van der Waals surface area contributed by atoms with Crippen molar-refractivity contribution >= 4 is 35.7 Å². The van der Waals surface area contributed by atoms with E-state index in [9.17, 15) is 4.57 Å². The second-order valence-corrected chi connectivity index (χ2v) is 10.8. The average molecular weight is 423 g/mol. The van der Waals surface area contributed by atoms with Gasteiger partial charge in [-0.1, -0.05) is 13.0 Å². The smallest absolute Gasteiger partial charge is 0.174 e. The summed E-state index contributed by atoms with van der Waals surface area (Å²) in [5.41, 5.74) is 3.70. The first kappa shape index (κ1) is 20.3. The van der Waals surface area contributed by atoms with Gasteiger partial charge in [-0.05, 0) is 43.5 Å². The summed E-state index contributed by atoms with van der Waals surface area (Å²) in [7, 11) is -2.37. The third kappa shape index (κ3) is 4.44. The van der Waals surface area contributed by atoms with Crippen LogP contribution in [0, 0.1) is 0 Å². The molecule has 4 rings (SSSR count). The Balaban J connectivity index is 1.57. The van der Waals surface area contributed by atoms with Crippen molar-refractivity contribution in [2.75, 3.05) is 42.0 Å². The molecular weight excluding hydrogens is 397 g/mol. The van der Waals surface area contributed by atoms with Crippen LogP contribution < -0.4 is 21.0 Å². The van der Waals surface area contributed by atoms with Crippen LogP contribution in [0.15, 0.2) is 42.9 Å². The van der Waals surface area contributed by atoms with Crippen molar-refractivity contribution < 1.29 is 4.57 Å². The highest BCUT2D eigenvalue weighted by Crippen LogP contribution is 2.34. The van der Waals surface area contributed by atoms with Crippen LogP contribution in [0.2, 0.25) is 0 Å². The number of aryl methyl sites for hydroxylation is 1. The van der Waals surface area contributed by atoms with E-state index in [1.54, 1.807) is 31.8 Å². The van der Waals surface area contributed by atoms with E-state index in [0.717, 1.165) is 49.1 Å². The summed E-state index contributed by atoms with van der Waals surface area (Å²) in [4.78, 5) is 20.4. The van der Waals surface area contributed by atoms with E-state index >= 15 is 0 Å². The number of nitrogens with one attached hydrogen (secondary N) is 2. The highest BCUT2D eigenvalue weighted by atomic mass is 31.2. The third-order valence-electron chi connectivity index (χ3n) is 4.98. The van der Waals surface area contributed by atoms with Gasteiger partial charge in [0.2, 0.25) is 0 Å². The molecule has 1 aliphatic rings. The van der Waals surface area contributed by atoms with Crippen LogP contribution in [0.25, 0.3) is 0 Å². The zero-order chi connectivity index (χ0) is 21.1. The molecule has 0 atom stereocenters. The Morgan fingerprint density at radius 1 is 1.17 bits per heavy atom. The van der Waals surface area contributed by atoms with Crippen molar-refractivity contribution in [2.45, 2.75) is 19.9 Å². The molecule has 0 unspecified atom stereocenters. The molecular formula is C21H26N7OP. The predicted octanol–water partition coefficient (Wildman–Crippen LogP) is 3.25. The van der Waals surface area contributed by atoms with Crippen molar-refractivity contribution in [2.24, 2.45) is 0 Å². The number of rotatable bonds is 6. The topological polar surface area (TPSA) is 95.9 Å². The molecule has 9 heteroatoms. The summed E-state index contributed by atoms with van der Waals surface area (Å²) in [5.74, 6) is 2.23. The van der Waals surface area contributed by atoms with Crippen LogP contribution in [0.5, 0.6) is 0 Å². The number of fused-ring (bicyclic) bond motifs is 1. The number of pyridine rings is 2. The summed E-state index contributed by atoms with van der Waals surface area (Å²) in [6.45, 7) is 7.94. The van der Waals surface area contributed by atoms with Crippen molar-refractivity contribution in [1.29, 1.82) is 0 Å². The maximum atomic E-state index is 12.2. The lowest BCUT2D eigenvalue weighted by molar-refractivity contribution is 0.588. The third-order valence-corrected chi connectivity index (χ3v) is 6.35. The number of nitrogens with zero attached hydrogens (tertiary/aromatic N) is 5. The van der Waals surface area contributed by atoms with Gasteiger partial charge >= 0.3 is 0 Å². The van der Waals surface area contributed by atoms with Gasteiger partial charge in [0.1, 0.15) is 7.14 Å². The maximum Gasteiger partial charge on any atom is 0.174 e. The van der Waals surface area contributed by atoms with Gasteiger partial charge in [0, 0.05) is 31.5 Å². The lowest BCUT2D eigenvalue weighted by atomic mass is 10.1. The Bertz CT molecular complexity index is 1080. The fraction of sp³-hybridized carbons (Fsp3) is 0.333. The van der Waals surface area contributed by atoms with Gasteiger partial charge < -0.3 is 20.1 Å². The van der Waals surface area contributed by atoms with Crippen LogP contribution in [0.1, 0.15) is 18.2 Å². The fourth-order valence-corrected chi connectivity index (χ4v) is 4.19. The number of anilines is 4. The predicted molar refractivity (Wildman–Crippen MR) is 122 cm³/mol. The summed E-state index contributed by atoms with van der Waals surface area (Å²) in [6.07, 6.45) is 6.11. The van der Waals surface area contributed by atoms with Gasteiger partial charge in [0.15, 0.2) is 17.5 Å². The van der Waals surface area contributed by atoms with Gasteiger partial charge in [-0.3, -0.25) is 9.97 Å². The van der Waals surface area contributed by atoms with Gasteiger partial charge in [-0.15, -0.1) is 0 Å². The minimum Gasteiger partial charge on any atom is -0.365 e. The van der Waals surface area contributed by atoms with E-state index in [1.165, 1.54) is 5.56 Å². The zero-order valence-electron chi connectivity index (χ0n) is 17.5. The molecule has 0 aromatic carbocycles. The SMILES string of the molecule is CCc1ncccc1CN1CCNc2ncc(Nc3ccc(P(C)(C)=O)nc3)nc21. The second-order valence-electron chi connectivity index (χ2n) is 7.62. The Kier molecular flexibility index (Phi) is 5.68. The van der Waals surface area contributed by atoms with Gasteiger partial charge in [-0.25, -0.2) is 9.97 Å². The van der Waals surface area contributed by atoms with Gasteiger partial charge in [-0.2, -0.15) is 0 Å². The molecule has 0 amide bonds. The quantitative estimate of drug-likeness (QED) is 0.584. The Morgan fingerprint density at radius 2 is 2.03 bits per heavy atom. The Hall–Kier alpha value is -2.99. The van der Waals surface area contributed by atoms with E-state index < -0.39 is 7.14 Å². The summed E-state index contributed by atoms with van der Waals surface area (Å²) in [5, 5.41) is 6.57. The fourth-order valence-electron chi connectivity index (χ4n) is 3.42. The number of aromatic nitrogens is 4. The largest absolute Gasteiger partial charge is 0.365 e. The first-order valence-corrected chi connectivity index (χ1v) is 12.6. The van der Waals surface area contributed by atoms with Gasteiger partial charge in [0.25, 0.3) is 0 Å². The summed E-state index contributed by atoms with van der Waals surface area (Å²) >= 11 is 0. The molecule has 156 valence electrons. The van der Waals surface area contributed by atoms with Crippen molar-refractivity contribution in [3.05, 3.63) is 54.1 Å². The molecule has 0 radical (unpaired) electrons. The summed E-state index contributed by atoms with van der Waals surface area (Å²) in [6, 6.07) is 7.75. The molecule has 3 aromatic heterocycles. The highest BCUT2D eigenvalue weighted by molar-refractivity contribution is 7.69. The molecule has 30 heavy (non-hydrogen) atoms. The molecule has 0 fully saturated rings. The van der Waals surface area contributed by atoms with Crippen LogP contribution in [-0.4, -0.2) is 46.4 Å². The van der Waals surface area contributed by atoms with E-state index in [1.807, 2.05) is 18.3 Å². The normalized spacial score (nSPS) is 13.5. The molecule has 0 saturated carbocycles. The first-order valence-electron chi connectivity index (χ1n) is 10.0. The second kappa shape index (κ2) is 8.40. The molecule has 2 N–H and O–H groups in total. The van der Waals surface area contributed by atoms with Crippen LogP contribution in [0.4, 0.5) is 23.1 Å².